The van der Waals surface area contributed by atoms with Gasteiger partial charge in [0, 0.05) is 17.6 Å². The van der Waals surface area contributed by atoms with Gasteiger partial charge in [-0.15, -0.1) is 5.10 Å². The van der Waals surface area contributed by atoms with E-state index in [0.717, 1.165) is 22.5 Å². The van der Waals surface area contributed by atoms with Gasteiger partial charge in [0.05, 0.1) is 0 Å². The maximum absolute atomic E-state index is 12.3. The van der Waals surface area contributed by atoms with Crippen molar-refractivity contribution in [3.63, 3.8) is 0 Å². The standard InChI is InChI=1S/C15H15N5O/c1-9-5-4-6-10(2)12(9)17-14(21)13-18-15-16-8-7-11(3)20(15)19-13/h4-8H,1-3H3,(H,17,21). The van der Waals surface area contributed by atoms with Crippen molar-refractivity contribution < 1.29 is 4.79 Å². The van der Waals surface area contributed by atoms with E-state index in [1.54, 1.807) is 10.7 Å². The highest BCUT2D eigenvalue weighted by Crippen LogP contribution is 2.19. The summed E-state index contributed by atoms with van der Waals surface area (Å²) in [4.78, 5) is 20.6. The summed E-state index contributed by atoms with van der Waals surface area (Å²) in [6.07, 6.45) is 1.65. The summed E-state index contributed by atoms with van der Waals surface area (Å²) in [6, 6.07) is 7.67. The van der Waals surface area contributed by atoms with Gasteiger partial charge in [-0.3, -0.25) is 4.79 Å². The number of carbonyl (C=O) groups excluding carboxylic acids is 1. The normalized spacial score (nSPS) is 10.8. The van der Waals surface area contributed by atoms with E-state index in [-0.39, 0.29) is 11.7 Å². The maximum atomic E-state index is 12.3. The van der Waals surface area contributed by atoms with Crippen LogP contribution in [0.4, 0.5) is 5.69 Å². The minimum absolute atomic E-state index is 0.111. The minimum Gasteiger partial charge on any atom is -0.319 e. The Labute approximate surface area is 121 Å². The highest BCUT2D eigenvalue weighted by atomic mass is 16.2. The lowest BCUT2D eigenvalue weighted by Crippen LogP contribution is -2.15. The Hall–Kier alpha value is -2.76. The van der Waals surface area contributed by atoms with Gasteiger partial charge in [0.15, 0.2) is 0 Å². The first-order valence-electron chi connectivity index (χ1n) is 6.62. The number of para-hydroxylation sites is 1. The molecule has 1 N–H and O–H groups in total. The van der Waals surface area contributed by atoms with Gasteiger partial charge in [0.1, 0.15) is 0 Å². The molecule has 0 saturated carbocycles. The van der Waals surface area contributed by atoms with Crippen LogP contribution in [0, 0.1) is 20.8 Å². The van der Waals surface area contributed by atoms with Gasteiger partial charge in [-0.1, -0.05) is 18.2 Å². The largest absolute Gasteiger partial charge is 0.319 e. The van der Waals surface area contributed by atoms with Crippen LogP contribution in [0.2, 0.25) is 0 Å². The first-order chi connectivity index (χ1) is 10.1. The van der Waals surface area contributed by atoms with E-state index in [0.29, 0.717) is 5.78 Å². The molecule has 0 bridgehead atoms. The zero-order chi connectivity index (χ0) is 15.0. The Bertz CT molecular complexity index is 817. The predicted octanol–water partition coefficient (Wildman–Crippen LogP) is 2.30. The smallest absolute Gasteiger partial charge is 0.295 e. The van der Waals surface area contributed by atoms with E-state index in [1.165, 1.54) is 0 Å². The summed E-state index contributed by atoms with van der Waals surface area (Å²) in [5.41, 5.74) is 3.67. The Balaban J connectivity index is 1.96. The Morgan fingerprint density at radius 2 is 1.86 bits per heavy atom. The van der Waals surface area contributed by atoms with Crippen LogP contribution < -0.4 is 5.32 Å². The molecule has 1 amide bonds. The molecule has 6 nitrogen and oxygen atoms in total. The quantitative estimate of drug-likeness (QED) is 0.782. The molecule has 0 atom stereocenters. The van der Waals surface area contributed by atoms with E-state index in [4.69, 9.17) is 0 Å². The topological polar surface area (TPSA) is 72.2 Å². The van der Waals surface area contributed by atoms with Gasteiger partial charge in [-0.2, -0.15) is 4.98 Å². The number of hydrogen-bond acceptors (Lipinski definition) is 4. The summed E-state index contributed by atoms with van der Waals surface area (Å²) in [5, 5.41) is 7.07. The molecule has 21 heavy (non-hydrogen) atoms. The molecule has 3 rings (SSSR count). The molecular formula is C15H15N5O. The monoisotopic (exact) mass is 281 g/mol. The summed E-state index contributed by atoms with van der Waals surface area (Å²) in [7, 11) is 0. The Kier molecular flexibility index (Phi) is 3.13. The van der Waals surface area contributed by atoms with Crippen molar-refractivity contribution in [2.75, 3.05) is 5.32 Å². The summed E-state index contributed by atoms with van der Waals surface area (Å²) < 4.78 is 1.56. The number of nitrogens with zero attached hydrogens (tertiary/aromatic N) is 4. The van der Waals surface area contributed by atoms with Gasteiger partial charge in [0.25, 0.3) is 11.7 Å². The highest BCUT2D eigenvalue weighted by Gasteiger charge is 2.16. The van der Waals surface area contributed by atoms with Crippen molar-refractivity contribution in [1.29, 1.82) is 0 Å². The summed E-state index contributed by atoms with van der Waals surface area (Å²) in [5.74, 6) is 0.193. The van der Waals surface area contributed by atoms with Crippen molar-refractivity contribution in [1.82, 2.24) is 19.6 Å². The lowest BCUT2D eigenvalue weighted by molar-refractivity contribution is 0.101. The molecule has 1 aromatic carbocycles. The molecule has 6 heteroatoms. The van der Waals surface area contributed by atoms with Gasteiger partial charge in [-0.05, 0) is 38.0 Å². The fraction of sp³-hybridized carbons (Fsp3) is 0.200. The molecule has 0 saturated heterocycles. The van der Waals surface area contributed by atoms with Crippen molar-refractivity contribution in [3.05, 3.63) is 53.1 Å². The molecule has 0 aliphatic rings. The lowest BCUT2D eigenvalue weighted by atomic mass is 10.1. The molecule has 2 aromatic heterocycles. The zero-order valence-corrected chi connectivity index (χ0v) is 12.1. The number of anilines is 1. The van der Waals surface area contributed by atoms with E-state index in [1.807, 2.05) is 45.0 Å². The molecular weight excluding hydrogens is 266 g/mol. The molecule has 106 valence electrons. The number of rotatable bonds is 2. The zero-order valence-electron chi connectivity index (χ0n) is 12.1. The van der Waals surface area contributed by atoms with Gasteiger partial charge < -0.3 is 5.32 Å². The number of benzene rings is 1. The molecule has 0 aliphatic heterocycles. The fourth-order valence-electron chi connectivity index (χ4n) is 2.18. The predicted molar refractivity (Wildman–Crippen MR) is 79.4 cm³/mol. The summed E-state index contributed by atoms with van der Waals surface area (Å²) in [6.45, 7) is 5.79. The van der Waals surface area contributed by atoms with Crippen LogP contribution in [0.3, 0.4) is 0 Å². The Morgan fingerprint density at radius 1 is 1.14 bits per heavy atom. The van der Waals surface area contributed by atoms with Crippen molar-refractivity contribution in [2.45, 2.75) is 20.8 Å². The van der Waals surface area contributed by atoms with Crippen LogP contribution in [-0.4, -0.2) is 25.5 Å². The molecule has 0 aliphatic carbocycles. The van der Waals surface area contributed by atoms with E-state index in [2.05, 4.69) is 20.4 Å². The number of amides is 1. The van der Waals surface area contributed by atoms with Gasteiger partial charge >= 0.3 is 0 Å². The molecule has 0 unspecified atom stereocenters. The fourth-order valence-corrected chi connectivity index (χ4v) is 2.18. The SMILES string of the molecule is Cc1cccc(C)c1NC(=O)c1nc2nccc(C)n2n1. The van der Waals surface area contributed by atoms with Crippen LogP contribution >= 0.6 is 0 Å². The average molecular weight is 281 g/mol. The molecule has 0 fully saturated rings. The minimum atomic E-state index is -0.336. The first-order valence-corrected chi connectivity index (χ1v) is 6.62. The van der Waals surface area contributed by atoms with E-state index in [9.17, 15) is 4.79 Å². The van der Waals surface area contributed by atoms with Crippen molar-refractivity contribution in [2.24, 2.45) is 0 Å². The molecule has 2 heterocycles. The average Bonchev–Trinajstić information content (AvgIpc) is 2.88. The molecule has 0 spiro atoms. The van der Waals surface area contributed by atoms with Crippen LogP contribution in [0.25, 0.3) is 5.78 Å². The third-order valence-corrected chi connectivity index (χ3v) is 3.35. The lowest BCUT2D eigenvalue weighted by Gasteiger charge is -2.09. The van der Waals surface area contributed by atoms with Crippen LogP contribution in [0.1, 0.15) is 27.4 Å². The number of fused-ring (bicyclic) bond motifs is 1. The Morgan fingerprint density at radius 3 is 2.52 bits per heavy atom. The van der Waals surface area contributed by atoms with E-state index < -0.39 is 0 Å². The van der Waals surface area contributed by atoms with Crippen molar-refractivity contribution >= 4 is 17.4 Å². The van der Waals surface area contributed by atoms with Gasteiger partial charge in [-0.25, -0.2) is 9.50 Å². The van der Waals surface area contributed by atoms with Crippen LogP contribution in [0.15, 0.2) is 30.5 Å². The summed E-state index contributed by atoms with van der Waals surface area (Å²) >= 11 is 0. The second-order valence-electron chi connectivity index (χ2n) is 4.95. The highest BCUT2D eigenvalue weighted by molar-refractivity contribution is 6.02. The molecule has 0 radical (unpaired) electrons. The number of hydrogen-bond donors (Lipinski definition) is 1. The molecule has 3 aromatic rings. The maximum Gasteiger partial charge on any atom is 0.295 e. The van der Waals surface area contributed by atoms with Crippen molar-refractivity contribution in [3.8, 4) is 0 Å². The number of nitrogens with one attached hydrogen (secondary N) is 1. The number of aromatic nitrogens is 4. The number of carbonyl (C=O) groups is 1. The third-order valence-electron chi connectivity index (χ3n) is 3.35. The first kappa shape index (κ1) is 13.2. The van der Waals surface area contributed by atoms with Crippen LogP contribution in [-0.2, 0) is 0 Å². The van der Waals surface area contributed by atoms with E-state index >= 15 is 0 Å². The van der Waals surface area contributed by atoms with Gasteiger partial charge in [0.2, 0.25) is 5.82 Å². The second-order valence-corrected chi connectivity index (χ2v) is 4.95. The number of aryl methyl sites for hydroxylation is 3. The third kappa shape index (κ3) is 2.35. The van der Waals surface area contributed by atoms with Crippen LogP contribution in [0.5, 0.6) is 0 Å². The second kappa shape index (κ2) is 4.97.